The second kappa shape index (κ2) is 9.49. The largest absolute Gasteiger partial charge is 0.497 e. The van der Waals surface area contributed by atoms with Crippen molar-refractivity contribution in [3.8, 4) is 5.75 Å². The number of carbonyl (C=O) groups is 1. The van der Waals surface area contributed by atoms with Crippen LogP contribution in [-0.4, -0.2) is 32.7 Å². The van der Waals surface area contributed by atoms with Crippen LogP contribution >= 0.6 is 15.9 Å². The third-order valence-electron chi connectivity index (χ3n) is 4.80. The number of nitrogens with zero attached hydrogens (tertiary/aromatic N) is 1. The van der Waals surface area contributed by atoms with Gasteiger partial charge in [-0.25, -0.2) is 8.42 Å². The third-order valence-corrected chi connectivity index (χ3v) is 7.40. The molecule has 0 aromatic heterocycles. The highest BCUT2D eigenvalue weighted by atomic mass is 79.9. The number of halogens is 1. The molecule has 0 atom stereocenters. The Morgan fingerprint density at radius 1 is 0.871 bits per heavy atom. The first-order valence-electron chi connectivity index (χ1n) is 9.45. The number of likely N-dealkylation sites (N-methyl/N-ethyl adjacent to an activating group) is 1. The van der Waals surface area contributed by atoms with Crippen LogP contribution in [0.5, 0.6) is 5.75 Å². The van der Waals surface area contributed by atoms with Gasteiger partial charge in [0.05, 0.1) is 16.5 Å². The van der Waals surface area contributed by atoms with Crippen molar-refractivity contribution in [3.05, 3.63) is 101 Å². The Balaban J connectivity index is 2.17. The van der Waals surface area contributed by atoms with Crippen molar-refractivity contribution in [1.82, 2.24) is 4.31 Å². The number of allylic oxidation sites excluding steroid dienone is 1. The van der Waals surface area contributed by atoms with Gasteiger partial charge in [-0.2, -0.15) is 0 Å². The lowest BCUT2D eigenvalue weighted by Crippen LogP contribution is -2.31. The highest BCUT2D eigenvalue weighted by molar-refractivity contribution is 9.15. The highest BCUT2D eigenvalue weighted by Crippen LogP contribution is 2.33. The Morgan fingerprint density at radius 3 is 2.00 bits per heavy atom. The zero-order chi connectivity index (χ0) is 22.6. The van der Waals surface area contributed by atoms with Gasteiger partial charge in [0, 0.05) is 12.6 Å². The Labute approximate surface area is 191 Å². The van der Waals surface area contributed by atoms with Crippen LogP contribution in [0.2, 0.25) is 0 Å². The summed E-state index contributed by atoms with van der Waals surface area (Å²) in [6.45, 7) is 1.88. The van der Waals surface area contributed by atoms with Crippen LogP contribution in [-0.2, 0) is 10.0 Å². The molecule has 7 heteroatoms. The second-order valence-corrected chi connectivity index (χ2v) is 9.63. The average molecular weight is 500 g/mol. The van der Waals surface area contributed by atoms with E-state index >= 15 is 0 Å². The molecule has 0 saturated heterocycles. The van der Waals surface area contributed by atoms with E-state index < -0.39 is 15.8 Å². The van der Waals surface area contributed by atoms with E-state index in [1.807, 2.05) is 6.92 Å². The van der Waals surface area contributed by atoms with Crippen LogP contribution in [0.1, 0.15) is 21.5 Å². The molecule has 0 radical (unpaired) electrons. The van der Waals surface area contributed by atoms with E-state index in [4.69, 9.17) is 4.74 Å². The van der Waals surface area contributed by atoms with Crippen LogP contribution in [0.4, 0.5) is 0 Å². The first-order chi connectivity index (χ1) is 14.8. The van der Waals surface area contributed by atoms with Gasteiger partial charge in [-0.3, -0.25) is 9.10 Å². The SMILES string of the molecule is COc1ccc(/C(Br)=C(/C(=O)c2ccccc2)N(C)S(=O)(=O)c2ccc(C)cc2)cc1. The molecule has 0 amide bonds. The lowest BCUT2D eigenvalue weighted by Gasteiger charge is -2.23. The molecule has 0 spiro atoms. The quantitative estimate of drug-likeness (QED) is 0.328. The maximum Gasteiger partial charge on any atom is 0.264 e. The first kappa shape index (κ1) is 22.8. The van der Waals surface area contributed by atoms with Gasteiger partial charge >= 0.3 is 0 Å². The van der Waals surface area contributed by atoms with Gasteiger partial charge in [0.2, 0.25) is 5.78 Å². The molecule has 0 heterocycles. The van der Waals surface area contributed by atoms with Gasteiger partial charge in [0.1, 0.15) is 11.4 Å². The lowest BCUT2D eigenvalue weighted by molar-refractivity contribution is 0.101. The van der Waals surface area contributed by atoms with Crippen LogP contribution in [0.25, 0.3) is 4.48 Å². The molecule has 3 rings (SSSR count). The molecule has 0 aliphatic rings. The predicted molar refractivity (Wildman–Crippen MR) is 126 cm³/mol. The topological polar surface area (TPSA) is 63.7 Å². The summed E-state index contributed by atoms with van der Waals surface area (Å²) in [6, 6.07) is 22.1. The zero-order valence-electron chi connectivity index (χ0n) is 17.4. The van der Waals surface area contributed by atoms with Crippen molar-refractivity contribution < 1.29 is 17.9 Å². The number of benzene rings is 3. The fourth-order valence-corrected chi connectivity index (χ4v) is 5.01. The predicted octanol–water partition coefficient (Wildman–Crippen LogP) is 5.27. The molecule has 0 saturated carbocycles. The summed E-state index contributed by atoms with van der Waals surface area (Å²) in [4.78, 5) is 13.5. The molecule has 3 aromatic carbocycles. The molecule has 31 heavy (non-hydrogen) atoms. The Kier molecular flexibility index (Phi) is 6.97. The van der Waals surface area contributed by atoms with E-state index in [1.165, 1.54) is 19.2 Å². The van der Waals surface area contributed by atoms with Crippen LogP contribution in [0.3, 0.4) is 0 Å². The molecule has 0 unspecified atom stereocenters. The van der Waals surface area contributed by atoms with Gasteiger partial charge < -0.3 is 4.74 Å². The number of rotatable bonds is 7. The number of methoxy groups -OCH3 is 1. The van der Waals surface area contributed by atoms with Gasteiger partial charge in [-0.15, -0.1) is 0 Å². The van der Waals surface area contributed by atoms with Crippen LogP contribution in [0, 0.1) is 6.92 Å². The standard InChI is InChI=1S/C24H22BrNO4S/c1-17-9-15-21(16-10-17)31(28,29)26(2)23(24(27)19-7-5-4-6-8-19)22(25)18-11-13-20(30-3)14-12-18/h4-16H,1-3H3/b23-22+. The molecule has 0 N–H and O–H groups in total. The van der Waals surface area contributed by atoms with Gasteiger partial charge in [-0.1, -0.05) is 60.2 Å². The van der Waals surface area contributed by atoms with E-state index in [9.17, 15) is 13.2 Å². The number of aryl methyl sites for hydroxylation is 1. The zero-order valence-corrected chi connectivity index (χ0v) is 19.8. The van der Waals surface area contributed by atoms with E-state index in [0.717, 1.165) is 9.87 Å². The Bertz CT molecular complexity index is 1200. The molecule has 0 bridgehead atoms. The smallest absolute Gasteiger partial charge is 0.264 e. The van der Waals surface area contributed by atoms with E-state index in [0.29, 0.717) is 21.4 Å². The summed E-state index contributed by atoms with van der Waals surface area (Å²) >= 11 is 3.49. The minimum atomic E-state index is -3.97. The van der Waals surface area contributed by atoms with Crippen molar-refractivity contribution in [3.63, 3.8) is 0 Å². The minimum Gasteiger partial charge on any atom is -0.497 e. The van der Waals surface area contributed by atoms with Crippen molar-refractivity contribution in [2.45, 2.75) is 11.8 Å². The number of ketones is 1. The summed E-state index contributed by atoms with van der Waals surface area (Å²) in [5.74, 6) is 0.238. The molecule has 3 aromatic rings. The van der Waals surface area contributed by atoms with Gasteiger partial charge in [0.25, 0.3) is 10.0 Å². The minimum absolute atomic E-state index is 0.0111. The average Bonchev–Trinajstić information content (AvgIpc) is 2.80. The van der Waals surface area contributed by atoms with Crippen molar-refractivity contribution in [2.24, 2.45) is 0 Å². The third kappa shape index (κ3) is 4.89. The fourth-order valence-electron chi connectivity index (χ4n) is 2.97. The molecule has 160 valence electrons. The van der Waals surface area contributed by atoms with E-state index in [-0.39, 0.29) is 10.6 Å². The molecule has 0 aliphatic carbocycles. The maximum atomic E-state index is 13.4. The molecule has 5 nitrogen and oxygen atoms in total. The van der Waals surface area contributed by atoms with Crippen molar-refractivity contribution in [2.75, 3.05) is 14.2 Å². The molecule has 0 fully saturated rings. The summed E-state index contributed by atoms with van der Waals surface area (Å²) < 4.78 is 33.3. The van der Waals surface area contributed by atoms with Gasteiger partial charge in [0.15, 0.2) is 0 Å². The number of Topliss-reactive ketones (excluding diaryl/α,β-unsaturated/α-hetero) is 1. The highest BCUT2D eigenvalue weighted by Gasteiger charge is 2.30. The van der Waals surface area contributed by atoms with Crippen LogP contribution < -0.4 is 4.74 Å². The molecular weight excluding hydrogens is 478 g/mol. The lowest BCUT2D eigenvalue weighted by atomic mass is 10.1. The number of carbonyl (C=O) groups excluding carboxylic acids is 1. The summed E-state index contributed by atoms with van der Waals surface area (Å²) in [5.41, 5.74) is 1.98. The van der Waals surface area contributed by atoms with E-state index in [2.05, 4.69) is 15.9 Å². The monoisotopic (exact) mass is 499 g/mol. The van der Waals surface area contributed by atoms with Gasteiger partial charge in [-0.05, 0) is 52.7 Å². The number of ether oxygens (including phenoxy) is 1. The summed E-state index contributed by atoms with van der Waals surface area (Å²) in [5, 5.41) is 0. The number of hydrogen-bond donors (Lipinski definition) is 0. The first-order valence-corrected chi connectivity index (χ1v) is 11.7. The summed E-state index contributed by atoms with van der Waals surface area (Å²) in [7, 11) is -1.03. The van der Waals surface area contributed by atoms with Crippen molar-refractivity contribution >= 4 is 36.2 Å². The number of hydrogen-bond acceptors (Lipinski definition) is 4. The second-order valence-electron chi connectivity index (χ2n) is 6.87. The maximum absolute atomic E-state index is 13.4. The van der Waals surface area contributed by atoms with Crippen LogP contribution in [0.15, 0.2) is 89.5 Å². The van der Waals surface area contributed by atoms with E-state index in [1.54, 1.807) is 73.8 Å². The Morgan fingerprint density at radius 2 is 1.45 bits per heavy atom. The molecular formula is C24H22BrNO4S. The Hall–Kier alpha value is -2.90. The fraction of sp³-hybridized carbons (Fsp3) is 0.125. The normalized spacial score (nSPS) is 12.1. The summed E-state index contributed by atoms with van der Waals surface area (Å²) in [6.07, 6.45) is 0. The molecule has 0 aliphatic heterocycles. The number of sulfonamides is 1. The van der Waals surface area contributed by atoms with Crippen molar-refractivity contribution in [1.29, 1.82) is 0 Å².